The summed E-state index contributed by atoms with van der Waals surface area (Å²) in [4.78, 5) is 16.0. The van der Waals surface area contributed by atoms with Crippen molar-refractivity contribution in [3.05, 3.63) is 65.9 Å². The number of benzene rings is 1. The van der Waals surface area contributed by atoms with Crippen LogP contribution in [0.25, 0.3) is 0 Å². The number of rotatable bonds is 6. The maximum atomic E-state index is 13.4. The first kappa shape index (κ1) is 15.7. The van der Waals surface area contributed by atoms with E-state index in [9.17, 15) is 9.18 Å². The SMILES string of the molecule is Cn1cc(CNC(=O)c2coc(COc3ccccc3F)n2)cn1. The first-order valence-corrected chi connectivity index (χ1v) is 7.19. The third-order valence-corrected chi connectivity index (χ3v) is 3.18. The number of nitrogens with one attached hydrogen (secondary N) is 1. The molecule has 0 bridgehead atoms. The van der Waals surface area contributed by atoms with E-state index in [2.05, 4.69) is 15.4 Å². The number of aromatic nitrogens is 3. The zero-order valence-electron chi connectivity index (χ0n) is 12.9. The number of ether oxygens (including phenoxy) is 1. The lowest BCUT2D eigenvalue weighted by atomic mass is 10.3. The van der Waals surface area contributed by atoms with E-state index in [0.29, 0.717) is 6.54 Å². The zero-order valence-corrected chi connectivity index (χ0v) is 12.9. The van der Waals surface area contributed by atoms with Crippen LogP contribution in [0.3, 0.4) is 0 Å². The Hall–Kier alpha value is -3.16. The second-order valence-electron chi connectivity index (χ2n) is 5.05. The molecule has 0 aliphatic rings. The Morgan fingerprint density at radius 3 is 3.00 bits per heavy atom. The van der Waals surface area contributed by atoms with Gasteiger partial charge in [-0.1, -0.05) is 12.1 Å². The molecule has 3 aromatic rings. The average molecular weight is 330 g/mol. The Labute approximate surface area is 137 Å². The maximum Gasteiger partial charge on any atom is 0.273 e. The molecule has 0 radical (unpaired) electrons. The Balaban J connectivity index is 1.54. The van der Waals surface area contributed by atoms with E-state index in [4.69, 9.17) is 9.15 Å². The van der Waals surface area contributed by atoms with E-state index >= 15 is 0 Å². The minimum atomic E-state index is -0.474. The van der Waals surface area contributed by atoms with Gasteiger partial charge in [0.25, 0.3) is 5.91 Å². The lowest BCUT2D eigenvalue weighted by molar-refractivity contribution is 0.0946. The summed E-state index contributed by atoms with van der Waals surface area (Å²) < 4.78 is 25.5. The number of aryl methyl sites for hydroxylation is 1. The topological polar surface area (TPSA) is 82.2 Å². The lowest BCUT2D eigenvalue weighted by Crippen LogP contribution is -2.23. The number of hydrogen-bond acceptors (Lipinski definition) is 5. The second-order valence-corrected chi connectivity index (χ2v) is 5.05. The quantitative estimate of drug-likeness (QED) is 0.748. The first-order chi connectivity index (χ1) is 11.6. The molecular formula is C16H15FN4O3. The molecule has 0 spiro atoms. The summed E-state index contributed by atoms with van der Waals surface area (Å²) >= 11 is 0. The van der Waals surface area contributed by atoms with Gasteiger partial charge < -0.3 is 14.5 Å². The molecule has 1 amide bonds. The predicted molar refractivity (Wildman–Crippen MR) is 81.6 cm³/mol. The van der Waals surface area contributed by atoms with Crippen molar-refractivity contribution in [1.82, 2.24) is 20.1 Å². The van der Waals surface area contributed by atoms with Gasteiger partial charge in [-0.05, 0) is 12.1 Å². The van der Waals surface area contributed by atoms with Crippen LogP contribution in [0.15, 0.2) is 47.3 Å². The normalized spacial score (nSPS) is 10.6. The van der Waals surface area contributed by atoms with Gasteiger partial charge in [0.15, 0.2) is 23.9 Å². The Bertz CT molecular complexity index is 843. The number of amides is 1. The van der Waals surface area contributed by atoms with E-state index in [1.54, 1.807) is 36.3 Å². The Kier molecular flexibility index (Phi) is 4.55. The van der Waals surface area contributed by atoms with Crippen LogP contribution in [0.2, 0.25) is 0 Å². The van der Waals surface area contributed by atoms with E-state index < -0.39 is 5.82 Å². The molecule has 8 heteroatoms. The smallest absolute Gasteiger partial charge is 0.273 e. The van der Waals surface area contributed by atoms with Crippen LogP contribution in [-0.2, 0) is 20.2 Å². The fraction of sp³-hybridized carbons (Fsp3) is 0.188. The van der Waals surface area contributed by atoms with Crippen LogP contribution < -0.4 is 10.1 Å². The van der Waals surface area contributed by atoms with Gasteiger partial charge in [-0.3, -0.25) is 9.48 Å². The zero-order chi connectivity index (χ0) is 16.9. The van der Waals surface area contributed by atoms with Gasteiger partial charge >= 0.3 is 0 Å². The predicted octanol–water partition coefficient (Wildman–Crippen LogP) is 2.06. The van der Waals surface area contributed by atoms with Crippen molar-refractivity contribution < 1.29 is 18.3 Å². The molecule has 1 aromatic carbocycles. The molecule has 0 atom stereocenters. The number of para-hydroxylation sites is 1. The number of oxazole rings is 1. The van der Waals surface area contributed by atoms with Gasteiger partial charge in [0.1, 0.15) is 6.26 Å². The van der Waals surface area contributed by atoms with Crippen molar-refractivity contribution in [2.45, 2.75) is 13.2 Å². The minimum Gasteiger partial charge on any atom is -0.481 e. The van der Waals surface area contributed by atoms with Crippen molar-refractivity contribution in [2.24, 2.45) is 7.05 Å². The van der Waals surface area contributed by atoms with E-state index in [1.165, 1.54) is 18.4 Å². The van der Waals surface area contributed by atoms with Gasteiger partial charge in [0.2, 0.25) is 5.89 Å². The largest absolute Gasteiger partial charge is 0.481 e. The highest BCUT2D eigenvalue weighted by Crippen LogP contribution is 2.17. The molecule has 124 valence electrons. The summed E-state index contributed by atoms with van der Waals surface area (Å²) in [5.74, 6) is -0.568. The van der Waals surface area contributed by atoms with Crippen molar-refractivity contribution in [1.29, 1.82) is 0 Å². The van der Waals surface area contributed by atoms with E-state index in [0.717, 1.165) is 5.56 Å². The molecule has 3 rings (SSSR count). The van der Waals surface area contributed by atoms with E-state index in [-0.39, 0.29) is 29.8 Å². The molecule has 7 nitrogen and oxygen atoms in total. The third kappa shape index (κ3) is 3.78. The third-order valence-electron chi connectivity index (χ3n) is 3.18. The number of halogens is 1. The van der Waals surface area contributed by atoms with Crippen LogP contribution in [0, 0.1) is 5.82 Å². The van der Waals surface area contributed by atoms with Crippen LogP contribution in [0.1, 0.15) is 21.9 Å². The van der Waals surface area contributed by atoms with Crippen LogP contribution in [-0.4, -0.2) is 20.7 Å². The Morgan fingerprint density at radius 2 is 2.25 bits per heavy atom. The number of hydrogen-bond donors (Lipinski definition) is 1. The highest BCUT2D eigenvalue weighted by molar-refractivity contribution is 5.91. The number of carbonyl (C=O) groups is 1. The summed E-state index contributed by atoms with van der Waals surface area (Å²) in [6, 6.07) is 6.02. The number of nitrogens with zero attached hydrogens (tertiary/aromatic N) is 3. The summed E-state index contributed by atoms with van der Waals surface area (Å²) in [5, 5.41) is 6.72. The van der Waals surface area contributed by atoms with Gasteiger partial charge in [0, 0.05) is 25.4 Å². The summed E-state index contributed by atoms with van der Waals surface area (Å²) in [6.07, 6.45) is 4.70. The lowest BCUT2D eigenvalue weighted by Gasteiger charge is -2.03. The molecule has 2 heterocycles. The molecular weight excluding hydrogens is 315 g/mol. The second kappa shape index (κ2) is 6.95. The molecule has 0 aliphatic heterocycles. The van der Waals surface area contributed by atoms with Crippen molar-refractivity contribution in [3.8, 4) is 5.75 Å². The highest BCUT2D eigenvalue weighted by atomic mass is 19.1. The van der Waals surface area contributed by atoms with Crippen molar-refractivity contribution in [3.63, 3.8) is 0 Å². The van der Waals surface area contributed by atoms with Gasteiger partial charge in [-0.15, -0.1) is 0 Å². The van der Waals surface area contributed by atoms with E-state index in [1.807, 2.05) is 0 Å². The fourth-order valence-electron chi connectivity index (χ4n) is 2.02. The number of carbonyl (C=O) groups excluding carboxylic acids is 1. The standard InChI is InChI=1S/C16H15FN4O3/c1-21-8-11(7-19-21)6-18-16(22)13-9-24-15(20-13)10-23-14-5-3-2-4-12(14)17/h2-5,7-9H,6,10H2,1H3,(H,18,22). The van der Waals surface area contributed by atoms with Crippen LogP contribution >= 0.6 is 0 Å². The monoisotopic (exact) mass is 330 g/mol. The fourth-order valence-corrected chi connectivity index (χ4v) is 2.02. The molecule has 24 heavy (non-hydrogen) atoms. The average Bonchev–Trinajstić information content (AvgIpc) is 3.21. The Morgan fingerprint density at radius 1 is 1.42 bits per heavy atom. The molecule has 0 fully saturated rings. The van der Waals surface area contributed by atoms with Gasteiger partial charge in [0.05, 0.1) is 6.20 Å². The maximum absolute atomic E-state index is 13.4. The molecule has 0 aliphatic carbocycles. The van der Waals surface area contributed by atoms with Gasteiger partial charge in [-0.2, -0.15) is 5.10 Å². The molecule has 0 saturated heterocycles. The molecule has 1 N–H and O–H groups in total. The molecule has 2 aromatic heterocycles. The summed E-state index contributed by atoms with van der Waals surface area (Å²) in [7, 11) is 1.80. The minimum absolute atomic E-state index is 0.0726. The molecule has 0 unspecified atom stereocenters. The van der Waals surface area contributed by atoms with Gasteiger partial charge in [-0.25, -0.2) is 9.37 Å². The first-order valence-electron chi connectivity index (χ1n) is 7.19. The van der Waals surface area contributed by atoms with Crippen molar-refractivity contribution in [2.75, 3.05) is 0 Å². The highest BCUT2D eigenvalue weighted by Gasteiger charge is 2.13. The molecule has 0 saturated carbocycles. The summed E-state index contributed by atoms with van der Waals surface area (Å²) in [5.41, 5.74) is 1.00. The van der Waals surface area contributed by atoms with Crippen LogP contribution in [0.4, 0.5) is 4.39 Å². The van der Waals surface area contributed by atoms with Crippen LogP contribution in [0.5, 0.6) is 5.75 Å². The summed E-state index contributed by atoms with van der Waals surface area (Å²) in [6.45, 7) is 0.261. The van der Waals surface area contributed by atoms with Crippen molar-refractivity contribution >= 4 is 5.91 Å².